The number of para-hydroxylation sites is 2. The Morgan fingerprint density at radius 2 is 0.548 bits per heavy atom. The van der Waals surface area contributed by atoms with Crippen LogP contribution in [0.5, 0.6) is 0 Å². The fourth-order valence-electron chi connectivity index (χ4n) is 18.6. The Morgan fingerprint density at radius 3 is 0.841 bits per heavy atom. The van der Waals surface area contributed by atoms with Crippen molar-refractivity contribution in [2.75, 3.05) is 9.80 Å². The van der Waals surface area contributed by atoms with Crippen molar-refractivity contribution >= 4 is 101 Å². The van der Waals surface area contributed by atoms with Crippen LogP contribution >= 0.6 is 0 Å². The van der Waals surface area contributed by atoms with E-state index in [1.54, 1.807) is 48.5 Å². The SMILES string of the molecule is [2H]c1c([2H])c([2H])c2c(c1[2H])c1cc(C(C)(C)C)ccc1n2-c1ccc2c(c1)N(c1c(-c3cccc(C([2H])([2H])C(C)(C)C)c3)cc(C([2H])([2H])C(C)(C)C)cc1-c1cccc(C([2H])([2H])C(C)(C)C)c1)c1cc(C([2H])([2H])C(C)(C)C)cc3c1B2c1ccc(-n2c4ccc(C(C)(C)C)cc4c4c([2H])c([2H])c([2H])c([2H])c42)cc1N3c1c(-c2cccc(C([2H])([2H])C(C)(C)C)c2)cc(C([2H])([2H])C(C)(C)C)cc1-c1cccc(C([2H])([2H])C(C)(C)C)c1. The van der Waals surface area contributed by atoms with Gasteiger partial charge in [0.2, 0.25) is 0 Å². The molecule has 0 bridgehead atoms. The van der Waals surface area contributed by atoms with E-state index in [0.717, 1.165) is 11.1 Å². The van der Waals surface area contributed by atoms with Crippen LogP contribution in [0.15, 0.2) is 255 Å². The van der Waals surface area contributed by atoms with E-state index in [0.29, 0.717) is 128 Å². The molecule has 0 saturated carbocycles. The maximum atomic E-state index is 11.3. The van der Waals surface area contributed by atoms with Gasteiger partial charge in [0.1, 0.15) is 0 Å². The molecule has 0 amide bonds. The van der Waals surface area contributed by atoms with E-state index in [4.69, 9.17) is 0 Å². The smallest absolute Gasteiger partial charge is 0.252 e. The molecule has 13 aromatic carbocycles. The third-order valence-corrected chi connectivity index (χ3v) is 23.1. The van der Waals surface area contributed by atoms with Crippen molar-refractivity contribution in [3.05, 3.63) is 305 Å². The molecule has 0 atom stereocenters. The second-order valence-corrected chi connectivity index (χ2v) is 44.4. The average molecular weight is 1680 g/mol. The third-order valence-electron chi connectivity index (χ3n) is 23.1. The predicted molar refractivity (Wildman–Crippen MR) is 550 cm³/mol. The van der Waals surface area contributed by atoms with Gasteiger partial charge in [-0.25, -0.2) is 0 Å². The average Bonchev–Trinajstić information content (AvgIpc) is 1.07. The Labute approximate surface area is 786 Å². The zero-order chi connectivity index (χ0) is 109. The quantitative estimate of drug-likeness (QED) is 0.0951. The van der Waals surface area contributed by atoms with E-state index in [9.17, 15) is 30.2 Å². The van der Waals surface area contributed by atoms with Crippen LogP contribution in [0.4, 0.5) is 34.1 Å². The normalized spacial score (nSPS) is 17.0. The maximum Gasteiger partial charge on any atom is 0.252 e. The second-order valence-electron chi connectivity index (χ2n) is 44.4. The highest BCUT2D eigenvalue weighted by Gasteiger charge is 2.47. The van der Waals surface area contributed by atoms with Gasteiger partial charge >= 0.3 is 0 Å². The van der Waals surface area contributed by atoms with Crippen LogP contribution in [-0.2, 0) is 55.4 Å². The molecule has 17 rings (SSSR count). The van der Waals surface area contributed by atoms with Crippen LogP contribution in [-0.4, -0.2) is 15.8 Å². The van der Waals surface area contributed by atoms with E-state index < -0.39 is 124 Å². The highest BCUT2D eigenvalue weighted by molar-refractivity contribution is 7.00. The molecule has 4 heterocycles. The van der Waals surface area contributed by atoms with Crippen LogP contribution in [0.1, 0.15) is 267 Å². The summed E-state index contributed by atoms with van der Waals surface area (Å²) in [7, 11) is 0. The van der Waals surface area contributed by atoms with Gasteiger partial charge in [0.15, 0.2) is 0 Å². The summed E-state index contributed by atoms with van der Waals surface area (Å²) in [4.78, 5) is 4.17. The van der Waals surface area contributed by atoms with Gasteiger partial charge in [0.25, 0.3) is 6.71 Å². The molecule has 126 heavy (non-hydrogen) atoms. The molecule has 5 heteroatoms. The lowest BCUT2D eigenvalue weighted by Gasteiger charge is -2.46. The van der Waals surface area contributed by atoms with E-state index in [1.165, 1.54) is 0 Å². The Bertz CT molecular complexity index is 7380. The minimum absolute atomic E-state index is 0.108. The topological polar surface area (TPSA) is 16.3 Å². The van der Waals surface area contributed by atoms with Gasteiger partial charge in [-0.1, -0.05) is 345 Å². The van der Waals surface area contributed by atoms with Crippen LogP contribution in [0.3, 0.4) is 0 Å². The van der Waals surface area contributed by atoms with Crippen LogP contribution in [0.25, 0.3) is 99.5 Å². The molecule has 15 aromatic rings. The summed E-state index contributed by atoms with van der Waals surface area (Å²) >= 11 is 0. The first kappa shape index (κ1) is 63.9. The van der Waals surface area contributed by atoms with Gasteiger partial charge in [-0.3, -0.25) is 0 Å². The van der Waals surface area contributed by atoms with Crippen LogP contribution in [0, 0.1) is 37.9 Å². The van der Waals surface area contributed by atoms with Gasteiger partial charge in [-0.15, -0.1) is 0 Å². The van der Waals surface area contributed by atoms with Gasteiger partial charge in [-0.2, -0.15) is 0 Å². The van der Waals surface area contributed by atoms with Gasteiger partial charge in [0.05, 0.1) is 44.4 Å². The summed E-state index contributed by atoms with van der Waals surface area (Å²) in [6.07, 6.45) is -15.1. The van der Waals surface area contributed by atoms with Crippen molar-refractivity contribution in [2.45, 2.75) is 242 Å². The molecule has 4 nitrogen and oxygen atoms in total. The van der Waals surface area contributed by atoms with Gasteiger partial charge < -0.3 is 18.9 Å². The first-order chi connectivity index (χ1) is 67.8. The van der Waals surface area contributed by atoms with Crippen molar-refractivity contribution in [2.24, 2.45) is 37.9 Å². The van der Waals surface area contributed by atoms with Crippen molar-refractivity contribution in [1.82, 2.24) is 9.13 Å². The summed E-state index contributed by atoms with van der Waals surface area (Å²) in [6, 6.07) is 60.7. The zero-order valence-electron chi connectivity index (χ0n) is 101. The minimum Gasteiger partial charge on any atom is -0.310 e. The summed E-state index contributed by atoms with van der Waals surface area (Å²) in [5, 5.41) is 1.60. The number of benzene rings is 13. The van der Waals surface area contributed by atoms with Gasteiger partial charge in [-0.05, 0) is 279 Å². The van der Waals surface area contributed by atoms with Crippen LogP contribution < -0.4 is 26.2 Å². The highest BCUT2D eigenvalue weighted by atomic mass is 15.2. The van der Waals surface area contributed by atoms with Crippen molar-refractivity contribution in [1.29, 1.82) is 0 Å². The first-order valence-electron chi connectivity index (χ1n) is 55.8. The van der Waals surface area contributed by atoms with Crippen molar-refractivity contribution < 1.29 is 30.2 Å². The van der Waals surface area contributed by atoms with Crippen molar-refractivity contribution in [3.63, 3.8) is 0 Å². The first-order valence-corrected chi connectivity index (χ1v) is 44.8. The molecule has 0 N–H and O–H groups in total. The number of aromatic nitrogens is 2. The number of anilines is 6. The Kier molecular flexibility index (Phi) is 16.0. The molecular weight excluding hydrogens is 1520 g/mol. The Hall–Kier alpha value is -10.9. The predicted octanol–water partition coefficient (Wildman–Crippen LogP) is 32.3. The standard InChI is InChI=1S/C121H137BN4/c1-113(2,3)70-77-36-32-40-84(56-77)94-60-81(74-117(13,14)15)61-95(85-41-33-37-78(57-85)71-114(4,5)6)111(94)125-106-68-90(123-102-46-30-28-44-92(102)98-66-88(120(22,23)24)48-54-104(98)123)50-52-100(106)122-101-53-51-91(124-103-47-31-29-45-93(103)99-67-89(121(25,26)27)49-55-105(99)124)69-107(101)126(109-65-83(76-119(19,20)21)64-108(125)110(109)122)112-96(86-42-34-38-79(58-86)72-115(7,8)9)62-82(75-118(16,17)18)63-97(112)87-43-35-39-80(59-87)73-116(10,11)12/h28-69H,70-76H2,1-27H3/i28D,29D,30D,31D,44D,45D,46D,47D,70D2,71D2,72D2,73D2,74D2,75D2,76D2. The number of fused-ring (bicyclic) bond motifs is 10. The summed E-state index contributed by atoms with van der Waals surface area (Å²) in [5.74, 6) is 0. The van der Waals surface area contributed by atoms with E-state index in [-0.39, 0.29) is 84.9 Å². The number of rotatable bonds is 15. The van der Waals surface area contributed by atoms with Crippen LogP contribution in [0.2, 0.25) is 0 Å². The highest BCUT2D eigenvalue weighted by Crippen LogP contribution is 2.56. The third kappa shape index (κ3) is 17.9. The zero-order valence-corrected chi connectivity index (χ0v) is 79.0. The lowest BCUT2D eigenvalue weighted by molar-refractivity contribution is 0.410. The summed E-state index contributed by atoms with van der Waals surface area (Å²) < 4.78 is 230. The fourth-order valence-corrected chi connectivity index (χ4v) is 18.6. The van der Waals surface area contributed by atoms with E-state index in [1.807, 2.05) is 312 Å². The number of nitrogens with zero attached hydrogens (tertiary/aromatic N) is 4. The fraction of sp³-hybridized carbons (Fsp3) is 0.355. The molecule has 644 valence electrons. The minimum atomic E-state index is -2.41. The molecule has 2 aliphatic rings. The largest absolute Gasteiger partial charge is 0.310 e. The molecule has 2 aromatic heterocycles. The second kappa shape index (κ2) is 31.6. The van der Waals surface area contributed by atoms with Crippen molar-refractivity contribution in [3.8, 4) is 55.9 Å². The molecular formula is C121H137BN4. The lowest BCUT2D eigenvalue weighted by Crippen LogP contribution is -2.61. The Balaban J connectivity index is 1.18. The van der Waals surface area contributed by atoms with E-state index >= 15 is 0 Å². The molecule has 2 aliphatic heterocycles. The molecule has 0 spiro atoms. The number of hydrogen-bond donors (Lipinski definition) is 0. The van der Waals surface area contributed by atoms with E-state index in [2.05, 4.69) is 51.3 Å². The molecule has 0 unspecified atom stereocenters. The molecule has 0 fully saturated rings. The Morgan fingerprint density at radius 1 is 0.262 bits per heavy atom. The molecule has 0 saturated heterocycles. The molecule has 0 aliphatic carbocycles. The maximum absolute atomic E-state index is 11.3. The lowest BCUT2D eigenvalue weighted by atomic mass is 9.33. The number of hydrogen-bond acceptors (Lipinski definition) is 2. The van der Waals surface area contributed by atoms with Gasteiger partial charge in [0, 0.05) is 97.1 Å². The monoisotopic (exact) mass is 1680 g/mol. The summed E-state index contributed by atoms with van der Waals surface area (Å²) in [6.45, 7) is 49.8. The molecule has 0 radical (unpaired) electrons. The summed E-state index contributed by atoms with van der Waals surface area (Å²) in [5.41, 5.74) is 3.66.